The molecule has 6 heteroatoms. The van der Waals surface area contributed by atoms with E-state index in [1.165, 1.54) is 5.56 Å². The molecule has 1 aromatic carbocycles. The molecule has 3 N–H and O–H groups in total. The maximum atomic E-state index is 6.00. The van der Waals surface area contributed by atoms with Crippen LogP contribution in [0.2, 0.25) is 0 Å². The molecule has 25 heavy (non-hydrogen) atoms. The highest BCUT2D eigenvalue weighted by Gasteiger charge is 2.07. The molecule has 0 unspecified atom stereocenters. The van der Waals surface area contributed by atoms with Crippen molar-refractivity contribution in [2.45, 2.75) is 40.3 Å². The van der Waals surface area contributed by atoms with Crippen molar-refractivity contribution in [3.8, 4) is 5.75 Å². The summed E-state index contributed by atoms with van der Waals surface area (Å²) in [5.74, 6) is 2.32. The molecule has 0 aliphatic carbocycles. The van der Waals surface area contributed by atoms with Gasteiger partial charge in [0, 0.05) is 25.4 Å². The summed E-state index contributed by atoms with van der Waals surface area (Å²) in [4.78, 5) is 4.25. The molecular formula is C19H29N5O. The van der Waals surface area contributed by atoms with Crippen LogP contribution in [0.5, 0.6) is 5.75 Å². The second kappa shape index (κ2) is 9.71. The van der Waals surface area contributed by atoms with Crippen molar-refractivity contribution in [1.29, 1.82) is 0 Å². The van der Waals surface area contributed by atoms with Gasteiger partial charge in [0.1, 0.15) is 5.75 Å². The van der Waals surface area contributed by atoms with Gasteiger partial charge in [0.05, 0.1) is 18.8 Å². The summed E-state index contributed by atoms with van der Waals surface area (Å²) in [6.07, 6.45) is 2.79. The number of H-pyrrole nitrogens is 1. The normalized spacial score (nSPS) is 11.6. The van der Waals surface area contributed by atoms with Gasteiger partial charge in [-0.1, -0.05) is 26.0 Å². The number of aliphatic imine (C=N–C) groups is 1. The van der Waals surface area contributed by atoms with Gasteiger partial charge in [0.25, 0.3) is 0 Å². The largest absolute Gasteiger partial charge is 0.493 e. The van der Waals surface area contributed by atoms with E-state index in [2.05, 4.69) is 64.8 Å². The van der Waals surface area contributed by atoms with Crippen molar-refractivity contribution < 1.29 is 4.74 Å². The number of hydrogen-bond donors (Lipinski definition) is 3. The Morgan fingerprint density at radius 3 is 2.72 bits per heavy atom. The Labute approximate surface area is 150 Å². The molecule has 0 saturated carbocycles. The van der Waals surface area contributed by atoms with Crippen LogP contribution >= 0.6 is 0 Å². The zero-order chi connectivity index (χ0) is 18.1. The van der Waals surface area contributed by atoms with E-state index in [9.17, 15) is 0 Å². The smallest absolute Gasteiger partial charge is 0.191 e. The molecule has 2 rings (SSSR count). The molecule has 0 fully saturated rings. The van der Waals surface area contributed by atoms with Crippen molar-refractivity contribution in [2.75, 3.05) is 13.7 Å². The van der Waals surface area contributed by atoms with Gasteiger partial charge in [-0.15, -0.1) is 0 Å². The topological polar surface area (TPSA) is 74.3 Å². The van der Waals surface area contributed by atoms with Gasteiger partial charge in [-0.3, -0.25) is 10.1 Å². The third-order valence-electron chi connectivity index (χ3n) is 3.85. The molecule has 136 valence electrons. The lowest BCUT2D eigenvalue weighted by molar-refractivity contribution is 0.286. The summed E-state index contributed by atoms with van der Waals surface area (Å²) in [5.41, 5.74) is 3.33. The maximum Gasteiger partial charge on any atom is 0.191 e. The van der Waals surface area contributed by atoms with Crippen LogP contribution < -0.4 is 15.4 Å². The minimum absolute atomic E-state index is 0.636. The minimum atomic E-state index is 0.636. The Hall–Kier alpha value is -2.50. The summed E-state index contributed by atoms with van der Waals surface area (Å²) in [6, 6.07) is 8.24. The van der Waals surface area contributed by atoms with Crippen molar-refractivity contribution in [1.82, 2.24) is 20.8 Å². The van der Waals surface area contributed by atoms with Gasteiger partial charge in [0.15, 0.2) is 5.96 Å². The SMILES string of the molecule is CN=C(NCc1ccn[nH]1)NCc1ccc(C)cc1OCCC(C)C. The molecule has 0 amide bonds. The fraction of sp³-hybridized carbons (Fsp3) is 0.474. The Morgan fingerprint density at radius 1 is 1.24 bits per heavy atom. The van der Waals surface area contributed by atoms with E-state index < -0.39 is 0 Å². The average Bonchev–Trinajstić information content (AvgIpc) is 3.09. The molecule has 0 atom stereocenters. The van der Waals surface area contributed by atoms with Crippen LogP contribution in [0.4, 0.5) is 0 Å². The fourth-order valence-corrected chi connectivity index (χ4v) is 2.31. The second-order valence-electron chi connectivity index (χ2n) is 6.50. The molecule has 0 bridgehead atoms. The van der Waals surface area contributed by atoms with Crippen molar-refractivity contribution in [2.24, 2.45) is 10.9 Å². The quantitative estimate of drug-likeness (QED) is 0.509. The minimum Gasteiger partial charge on any atom is -0.493 e. The summed E-state index contributed by atoms with van der Waals surface area (Å²) < 4.78 is 6.00. The van der Waals surface area contributed by atoms with Crippen LogP contribution in [0.15, 0.2) is 35.5 Å². The number of rotatable bonds is 8. The molecule has 6 nitrogen and oxygen atoms in total. The molecular weight excluding hydrogens is 314 g/mol. The maximum absolute atomic E-state index is 6.00. The third-order valence-corrected chi connectivity index (χ3v) is 3.85. The average molecular weight is 343 g/mol. The zero-order valence-electron chi connectivity index (χ0n) is 15.6. The van der Waals surface area contributed by atoms with Crippen LogP contribution in [0.1, 0.15) is 37.1 Å². The first-order valence-corrected chi connectivity index (χ1v) is 8.73. The third kappa shape index (κ3) is 6.49. The Bertz CT molecular complexity index is 664. The Kier molecular flexibility index (Phi) is 7.32. The van der Waals surface area contributed by atoms with Gasteiger partial charge >= 0.3 is 0 Å². The summed E-state index contributed by atoms with van der Waals surface area (Å²) in [6.45, 7) is 8.53. The van der Waals surface area contributed by atoms with E-state index in [1.54, 1.807) is 13.2 Å². The van der Waals surface area contributed by atoms with E-state index in [-0.39, 0.29) is 0 Å². The van der Waals surface area contributed by atoms with E-state index in [1.807, 2.05) is 6.07 Å². The number of nitrogens with zero attached hydrogens (tertiary/aromatic N) is 2. The molecule has 0 aliphatic heterocycles. The predicted octanol–water partition coefficient (Wildman–Crippen LogP) is 3.01. The van der Waals surface area contributed by atoms with Crippen molar-refractivity contribution in [3.63, 3.8) is 0 Å². The van der Waals surface area contributed by atoms with Crippen molar-refractivity contribution in [3.05, 3.63) is 47.3 Å². The second-order valence-corrected chi connectivity index (χ2v) is 6.50. The number of aryl methyl sites for hydroxylation is 1. The molecule has 2 aromatic rings. The van der Waals surface area contributed by atoms with E-state index >= 15 is 0 Å². The molecule has 1 aromatic heterocycles. The molecule has 0 spiro atoms. The first-order valence-electron chi connectivity index (χ1n) is 8.73. The Morgan fingerprint density at radius 2 is 2.04 bits per heavy atom. The number of hydrogen-bond acceptors (Lipinski definition) is 3. The van der Waals surface area contributed by atoms with Gasteiger partial charge in [-0.05, 0) is 37.0 Å². The fourth-order valence-electron chi connectivity index (χ4n) is 2.31. The monoisotopic (exact) mass is 343 g/mol. The zero-order valence-corrected chi connectivity index (χ0v) is 15.6. The lowest BCUT2D eigenvalue weighted by Crippen LogP contribution is -2.36. The van der Waals surface area contributed by atoms with Gasteiger partial charge in [-0.25, -0.2) is 0 Å². The van der Waals surface area contributed by atoms with Gasteiger partial charge in [-0.2, -0.15) is 5.10 Å². The Balaban J connectivity index is 1.91. The van der Waals surface area contributed by atoms with Gasteiger partial charge < -0.3 is 15.4 Å². The number of nitrogens with one attached hydrogen (secondary N) is 3. The standard InChI is InChI=1S/C19H29N5O/c1-14(2)8-10-25-18-11-15(3)5-6-16(18)12-21-19(20-4)22-13-17-7-9-23-24-17/h5-7,9,11,14H,8,10,12-13H2,1-4H3,(H,23,24)(H2,20,21,22). The lowest BCUT2D eigenvalue weighted by Gasteiger charge is -2.16. The first-order chi connectivity index (χ1) is 12.1. The summed E-state index contributed by atoms with van der Waals surface area (Å²) >= 11 is 0. The number of benzene rings is 1. The van der Waals surface area contributed by atoms with Gasteiger partial charge in [0.2, 0.25) is 0 Å². The molecule has 0 saturated heterocycles. The number of guanidine groups is 1. The summed E-state index contributed by atoms with van der Waals surface area (Å²) in [5, 5.41) is 13.5. The number of ether oxygens (including phenoxy) is 1. The van der Waals surface area contributed by atoms with E-state index in [4.69, 9.17) is 4.74 Å². The highest BCUT2D eigenvalue weighted by atomic mass is 16.5. The molecule has 0 radical (unpaired) electrons. The van der Waals surface area contributed by atoms with Crippen molar-refractivity contribution >= 4 is 5.96 Å². The predicted molar refractivity (Wildman–Crippen MR) is 102 cm³/mol. The van der Waals surface area contributed by atoms with Crippen LogP contribution in [-0.4, -0.2) is 29.8 Å². The lowest BCUT2D eigenvalue weighted by atomic mass is 10.1. The molecule has 1 heterocycles. The first kappa shape index (κ1) is 18.8. The van der Waals surface area contributed by atoms with Crippen LogP contribution in [0, 0.1) is 12.8 Å². The van der Waals surface area contributed by atoms with E-state index in [0.29, 0.717) is 19.0 Å². The van der Waals surface area contributed by atoms with Crippen LogP contribution in [0.3, 0.4) is 0 Å². The number of aromatic nitrogens is 2. The van der Waals surface area contributed by atoms with Crippen LogP contribution in [0.25, 0.3) is 0 Å². The summed E-state index contributed by atoms with van der Waals surface area (Å²) in [7, 11) is 1.76. The highest BCUT2D eigenvalue weighted by molar-refractivity contribution is 5.79. The van der Waals surface area contributed by atoms with Crippen LogP contribution in [-0.2, 0) is 13.1 Å². The van der Waals surface area contributed by atoms with E-state index in [0.717, 1.165) is 36.0 Å². The number of aromatic amines is 1. The molecule has 0 aliphatic rings. The highest BCUT2D eigenvalue weighted by Crippen LogP contribution is 2.21.